The molecule has 306 valence electrons. The molecule has 0 unspecified atom stereocenters. The first-order valence-corrected chi connectivity index (χ1v) is 24.9. The van der Waals surface area contributed by atoms with Crippen molar-refractivity contribution in [3.05, 3.63) is 235 Å². The molecule has 9 aromatic rings. The van der Waals surface area contributed by atoms with Crippen molar-refractivity contribution in [1.82, 2.24) is 0 Å². The first kappa shape index (κ1) is 39.1. The van der Waals surface area contributed by atoms with Crippen LogP contribution in [0.15, 0.2) is 218 Å². The van der Waals surface area contributed by atoms with E-state index in [1.54, 1.807) is 0 Å². The Labute approximate surface area is 374 Å². The summed E-state index contributed by atoms with van der Waals surface area (Å²) in [7, 11) is -2.72. The van der Waals surface area contributed by atoms with Crippen LogP contribution in [0.5, 0.6) is 0 Å². The summed E-state index contributed by atoms with van der Waals surface area (Å²) < 4.78 is 0. The molecule has 0 bridgehead atoms. The lowest BCUT2D eigenvalue weighted by molar-refractivity contribution is 0.443. The quantitative estimate of drug-likeness (QED) is 0.103. The van der Waals surface area contributed by atoms with Gasteiger partial charge in [0.15, 0.2) is 8.07 Å². The average Bonchev–Trinajstić information content (AvgIpc) is 3.58. The van der Waals surface area contributed by atoms with E-state index in [1.165, 1.54) is 114 Å². The van der Waals surface area contributed by atoms with E-state index in [9.17, 15) is 0 Å². The summed E-state index contributed by atoms with van der Waals surface area (Å²) in [5, 5.41) is 8.00. The number of nitrogens with zero attached hydrogens (tertiary/aromatic N) is 1. The highest BCUT2D eigenvalue weighted by Gasteiger charge is 2.42. The zero-order valence-corrected chi connectivity index (χ0v) is 37.3. The van der Waals surface area contributed by atoms with Gasteiger partial charge in [0, 0.05) is 22.4 Å². The molecule has 0 aliphatic heterocycles. The van der Waals surface area contributed by atoms with Crippen molar-refractivity contribution in [2.24, 2.45) is 0 Å². The molecule has 0 heterocycles. The Morgan fingerprint density at radius 2 is 0.937 bits per heavy atom. The third-order valence-electron chi connectivity index (χ3n) is 14.4. The lowest BCUT2D eigenvalue weighted by Crippen LogP contribution is -2.74. The monoisotopic (exact) mass is 827 g/mol. The van der Waals surface area contributed by atoms with Gasteiger partial charge in [-0.05, 0) is 126 Å². The van der Waals surface area contributed by atoms with Crippen LogP contribution in [-0.2, 0) is 5.41 Å². The predicted molar refractivity (Wildman–Crippen MR) is 271 cm³/mol. The van der Waals surface area contributed by atoms with Crippen molar-refractivity contribution < 1.29 is 0 Å². The fraction of sp³-hybridized carbons (Fsp3) is 0.148. The fourth-order valence-corrected chi connectivity index (χ4v) is 15.9. The van der Waals surface area contributed by atoms with Gasteiger partial charge in [-0.15, -0.1) is 0 Å². The Kier molecular flexibility index (Phi) is 10.1. The molecule has 0 radical (unpaired) electrons. The van der Waals surface area contributed by atoms with Crippen LogP contribution >= 0.6 is 0 Å². The van der Waals surface area contributed by atoms with Crippen molar-refractivity contribution in [3.63, 3.8) is 0 Å². The van der Waals surface area contributed by atoms with E-state index in [2.05, 4.69) is 237 Å². The Hall–Kier alpha value is -6.74. The number of rotatable bonds is 9. The van der Waals surface area contributed by atoms with Crippen LogP contribution < -0.4 is 25.6 Å². The van der Waals surface area contributed by atoms with E-state index >= 15 is 0 Å². The number of benzene rings is 9. The topological polar surface area (TPSA) is 3.24 Å². The van der Waals surface area contributed by atoms with E-state index in [4.69, 9.17) is 0 Å². The van der Waals surface area contributed by atoms with Gasteiger partial charge in [-0.3, -0.25) is 0 Å². The molecule has 1 saturated carbocycles. The second kappa shape index (κ2) is 16.2. The van der Waals surface area contributed by atoms with Gasteiger partial charge in [0.1, 0.15) is 0 Å². The van der Waals surface area contributed by atoms with Crippen LogP contribution in [0.2, 0.25) is 0 Å². The summed E-state index contributed by atoms with van der Waals surface area (Å²) in [5.41, 5.74) is 12.7. The molecule has 0 aromatic heterocycles. The van der Waals surface area contributed by atoms with Gasteiger partial charge in [0.05, 0.1) is 5.69 Å². The Bertz CT molecular complexity index is 2940. The zero-order chi connectivity index (χ0) is 42.4. The standard InChI is InChI=1S/C61H53NSi/c1-61(2)58-30-18-17-29-55(58)57-42-56(48-32-31-45-21-15-16-22-47(45)41-48)60(43-59(57)61)62(49-35-33-46(34-36-49)44-19-7-3-8-20-44)50-37-39-54(40-38-50)63(51-23-9-4-10-24-51,52-25-11-5-12-26-52)53-27-13-6-14-28-53/h4-6,9-18,21-44H,3,7-8,19-20H2,1-2H3. The molecule has 9 aromatic carbocycles. The highest BCUT2D eigenvalue weighted by atomic mass is 28.3. The van der Waals surface area contributed by atoms with Crippen LogP contribution in [0.1, 0.15) is 68.6 Å². The summed E-state index contributed by atoms with van der Waals surface area (Å²) in [6.45, 7) is 4.80. The summed E-state index contributed by atoms with van der Waals surface area (Å²) in [6, 6.07) is 82.9. The maximum absolute atomic E-state index is 2.72. The first-order chi connectivity index (χ1) is 31.0. The van der Waals surface area contributed by atoms with E-state index in [-0.39, 0.29) is 5.41 Å². The summed E-state index contributed by atoms with van der Waals surface area (Å²) in [4.78, 5) is 2.55. The van der Waals surface area contributed by atoms with Gasteiger partial charge >= 0.3 is 0 Å². The Morgan fingerprint density at radius 3 is 1.56 bits per heavy atom. The first-order valence-electron chi connectivity index (χ1n) is 22.9. The zero-order valence-electron chi connectivity index (χ0n) is 36.3. The Morgan fingerprint density at radius 1 is 0.413 bits per heavy atom. The highest BCUT2D eigenvalue weighted by molar-refractivity contribution is 7.19. The molecule has 2 aliphatic carbocycles. The van der Waals surface area contributed by atoms with Crippen LogP contribution in [0.25, 0.3) is 33.0 Å². The molecule has 0 amide bonds. The molecule has 63 heavy (non-hydrogen) atoms. The lowest BCUT2D eigenvalue weighted by Gasteiger charge is -2.35. The molecule has 1 fully saturated rings. The second-order valence-corrected chi connectivity index (χ2v) is 22.1. The fourth-order valence-electron chi connectivity index (χ4n) is 11.2. The molecule has 0 saturated heterocycles. The number of fused-ring (bicyclic) bond motifs is 4. The minimum Gasteiger partial charge on any atom is -0.310 e. The van der Waals surface area contributed by atoms with Crippen molar-refractivity contribution in [2.75, 3.05) is 4.90 Å². The van der Waals surface area contributed by atoms with Gasteiger partial charge < -0.3 is 4.90 Å². The van der Waals surface area contributed by atoms with Crippen LogP contribution in [0, 0.1) is 0 Å². The smallest absolute Gasteiger partial charge is 0.179 e. The van der Waals surface area contributed by atoms with Gasteiger partial charge in [-0.25, -0.2) is 0 Å². The van der Waals surface area contributed by atoms with E-state index in [1.807, 2.05) is 0 Å². The maximum atomic E-state index is 2.55. The summed E-state index contributed by atoms with van der Waals surface area (Å²) >= 11 is 0. The molecule has 0 N–H and O–H groups in total. The van der Waals surface area contributed by atoms with E-state index in [0.717, 1.165) is 5.69 Å². The van der Waals surface area contributed by atoms with E-state index < -0.39 is 8.07 Å². The minimum absolute atomic E-state index is 0.158. The van der Waals surface area contributed by atoms with Gasteiger partial charge in [-0.2, -0.15) is 0 Å². The molecule has 2 heteroatoms. The van der Waals surface area contributed by atoms with Crippen molar-refractivity contribution >= 4 is 56.7 Å². The van der Waals surface area contributed by atoms with Gasteiger partial charge in [0.2, 0.25) is 0 Å². The van der Waals surface area contributed by atoms with Crippen LogP contribution in [0.3, 0.4) is 0 Å². The van der Waals surface area contributed by atoms with Gasteiger partial charge in [0.25, 0.3) is 0 Å². The predicted octanol–water partition coefficient (Wildman–Crippen LogP) is 13.7. The van der Waals surface area contributed by atoms with Crippen molar-refractivity contribution in [2.45, 2.75) is 57.3 Å². The largest absolute Gasteiger partial charge is 0.310 e. The van der Waals surface area contributed by atoms with Crippen LogP contribution in [0.4, 0.5) is 17.1 Å². The van der Waals surface area contributed by atoms with Crippen LogP contribution in [-0.4, -0.2) is 8.07 Å². The molecule has 11 rings (SSSR count). The Balaban J connectivity index is 1.15. The number of hydrogen-bond acceptors (Lipinski definition) is 1. The molecule has 2 aliphatic rings. The third-order valence-corrected chi connectivity index (χ3v) is 19.2. The molecule has 1 nitrogen and oxygen atoms in total. The summed E-state index contributed by atoms with van der Waals surface area (Å²) in [6.07, 6.45) is 6.58. The molecular weight excluding hydrogens is 775 g/mol. The lowest BCUT2D eigenvalue weighted by atomic mass is 9.81. The second-order valence-electron chi connectivity index (χ2n) is 18.3. The van der Waals surface area contributed by atoms with Gasteiger partial charge in [-0.1, -0.05) is 209 Å². The molecular formula is C61H53NSi. The third kappa shape index (κ3) is 6.76. The number of anilines is 3. The van der Waals surface area contributed by atoms with E-state index in [0.29, 0.717) is 5.92 Å². The normalized spacial score (nSPS) is 14.6. The highest BCUT2D eigenvalue weighted by Crippen LogP contribution is 2.53. The molecule has 0 spiro atoms. The SMILES string of the molecule is CC1(C)c2ccccc2-c2cc(-c3ccc4ccccc4c3)c(N(c3ccc(C4CCCCC4)cc3)c3ccc([Si](c4ccccc4)(c4ccccc4)c4ccccc4)cc3)cc21. The van der Waals surface area contributed by atoms with Crippen molar-refractivity contribution in [3.8, 4) is 22.3 Å². The molecule has 0 atom stereocenters. The van der Waals surface area contributed by atoms with Crippen molar-refractivity contribution in [1.29, 1.82) is 0 Å². The maximum Gasteiger partial charge on any atom is 0.179 e. The summed E-state index contributed by atoms with van der Waals surface area (Å²) in [5.74, 6) is 0.639. The average molecular weight is 828 g/mol. The number of hydrogen-bond donors (Lipinski definition) is 0. The minimum atomic E-state index is -2.72.